The average molecular weight is 374 g/mol. The van der Waals surface area contributed by atoms with Crippen molar-refractivity contribution < 1.29 is 10.2 Å². The number of nitrogens with zero attached hydrogens (tertiary/aromatic N) is 1. The minimum atomic E-state index is -0.575. The van der Waals surface area contributed by atoms with Gasteiger partial charge in [-0.15, -0.1) is 0 Å². The summed E-state index contributed by atoms with van der Waals surface area (Å²) >= 11 is 0. The Hall–Kier alpha value is -2.81. The third-order valence-corrected chi connectivity index (χ3v) is 5.92. The largest absolute Gasteiger partial charge is 0.454 e. The molecule has 1 aromatic heterocycles. The van der Waals surface area contributed by atoms with Crippen LogP contribution >= 0.6 is 0 Å². The molecule has 0 bridgehead atoms. The van der Waals surface area contributed by atoms with Crippen LogP contribution in [0.4, 0.5) is 15.8 Å². The van der Waals surface area contributed by atoms with Crippen LogP contribution in [0.15, 0.2) is 65.1 Å². The number of hydrogen-bond donors (Lipinski definition) is 0. The Labute approximate surface area is 166 Å². The highest BCUT2D eigenvalue weighted by Crippen LogP contribution is 2.42. The van der Waals surface area contributed by atoms with Crippen molar-refractivity contribution in [1.29, 1.82) is 0 Å². The maximum absolute atomic E-state index is 13.3. The van der Waals surface area contributed by atoms with E-state index in [0.717, 1.165) is 64.6 Å². The summed E-state index contributed by atoms with van der Waals surface area (Å²) in [6.07, 6.45) is 5.16. The number of halogens is 1. The van der Waals surface area contributed by atoms with E-state index < -0.39 is 5.89 Å². The van der Waals surface area contributed by atoms with Crippen molar-refractivity contribution in [3.05, 3.63) is 72.0 Å². The van der Waals surface area contributed by atoms with E-state index in [1.165, 1.54) is 18.6 Å². The normalized spacial score (nSPS) is 17.0. The molecule has 142 valence electrons. The zero-order valence-electron chi connectivity index (χ0n) is 17.0. The predicted molar refractivity (Wildman–Crippen MR) is 114 cm³/mol. The molecule has 0 N–H and O–H groups in total. The van der Waals surface area contributed by atoms with Gasteiger partial charge in [-0.05, 0) is 54.6 Å². The molecule has 0 atom stereocenters. The van der Waals surface area contributed by atoms with E-state index in [2.05, 4.69) is 18.2 Å². The van der Waals surface area contributed by atoms with Gasteiger partial charge >= 0.3 is 0 Å². The molecule has 3 aromatic carbocycles. The quantitative estimate of drug-likeness (QED) is 0.368. The number of furan rings is 1. The molecular weight excluding hydrogens is 349 g/mol. The van der Waals surface area contributed by atoms with Gasteiger partial charge in [0.1, 0.15) is 11.4 Å². The summed E-state index contributed by atoms with van der Waals surface area (Å²) in [5.74, 6) is -0.823. The minimum absolute atomic E-state index is 0.248. The molecule has 2 nitrogen and oxygen atoms in total. The molecule has 1 heterocycles. The zero-order valence-corrected chi connectivity index (χ0v) is 16.0. The minimum Gasteiger partial charge on any atom is -0.454 e. The van der Waals surface area contributed by atoms with Crippen LogP contribution in [0.25, 0.3) is 21.9 Å². The molecule has 1 aliphatic carbocycles. The molecule has 5 rings (SSSR count). The summed E-state index contributed by atoms with van der Waals surface area (Å²) in [6, 6.07) is 18.8. The van der Waals surface area contributed by atoms with E-state index in [1.807, 2.05) is 30.1 Å². The van der Waals surface area contributed by atoms with Gasteiger partial charge in [0.15, 0.2) is 5.58 Å². The van der Waals surface area contributed by atoms with Crippen molar-refractivity contribution in [2.24, 2.45) is 0 Å². The van der Waals surface area contributed by atoms with Crippen LogP contribution in [0.5, 0.6) is 0 Å². The molecule has 0 spiro atoms. The van der Waals surface area contributed by atoms with E-state index in [1.54, 1.807) is 12.1 Å². The first-order valence-electron chi connectivity index (χ1n) is 10.5. The molecule has 28 heavy (non-hydrogen) atoms. The molecule has 1 fully saturated rings. The highest BCUT2D eigenvalue weighted by Gasteiger charge is 2.22. The number of benzene rings is 3. The monoisotopic (exact) mass is 374 g/mol. The SMILES string of the molecule is [2H]C1(c2cccc3c2oc2c(N(C)c4ccc(F)cc4)cccc23)CCCCC1. The number of hydrogen-bond acceptors (Lipinski definition) is 2. The van der Waals surface area contributed by atoms with Crippen molar-refractivity contribution in [1.82, 2.24) is 0 Å². The van der Waals surface area contributed by atoms with E-state index in [-0.39, 0.29) is 5.82 Å². The molecule has 4 aromatic rings. The Morgan fingerprint density at radius 2 is 1.57 bits per heavy atom. The maximum atomic E-state index is 13.3. The first-order chi connectivity index (χ1) is 14.1. The van der Waals surface area contributed by atoms with Crippen LogP contribution in [-0.2, 0) is 0 Å². The summed E-state index contributed by atoms with van der Waals surface area (Å²) in [4.78, 5) is 2.01. The molecule has 1 saturated carbocycles. The lowest BCUT2D eigenvalue weighted by atomic mass is 9.83. The first-order valence-corrected chi connectivity index (χ1v) is 10.0. The van der Waals surface area contributed by atoms with Crippen LogP contribution in [-0.4, -0.2) is 7.05 Å². The van der Waals surface area contributed by atoms with Crippen molar-refractivity contribution in [3.63, 3.8) is 0 Å². The smallest absolute Gasteiger partial charge is 0.159 e. The Balaban J connectivity index is 1.69. The number of rotatable bonds is 3. The Morgan fingerprint density at radius 3 is 2.32 bits per heavy atom. The van der Waals surface area contributed by atoms with Crippen LogP contribution in [0.2, 0.25) is 0 Å². The van der Waals surface area contributed by atoms with Gasteiger partial charge in [-0.3, -0.25) is 0 Å². The van der Waals surface area contributed by atoms with Gasteiger partial charge in [0.05, 0.1) is 5.69 Å². The highest BCUT2D eigenvalue weighted by atomic mass is 19.1. The third-order valence-electron chi connectivity index (χ3n) is 5.92. The Kier molecular flexibility index (Phi) is 4.03. The second-order valence-electron chi connectivity index (χ2n) is 7.64. The standard InChI is InChI=1S/C25H24FNO/c1-27(19-15-13-18(26)14-16-19)23-12-6-11-22-21-10-5-9-20(24(21)28-25(22)23)17-7-3-2-4-8-17/h5-6,9-17H,2-4,7-8H2,1H3/i17D. The van der Waals surface area contributed by atoms with Gasteiger partial charge in [0, 0.05) is 24.9 Å². The highest BCUT2D eigenvalue weighted by molar-refractivity contribution is 6.10. The van der Waals surface area contributed by atoms with Gasteiger partial charge in [-0.25, -0.2) is 4.39 Å². The van der Waals surface area contributed by atoms with E-state index >= 15 is 0 Å². The molecule has 0 amide bonds. The Bertz CT molecular complexity index is 1170. The van der Waals surface area contributed by atoms with E-state index in [4.69, 9.17) is 5.79 Å². The average Bonchev–Trinajstić information content (AvgIpc) is 3.13. The van der Waals surface area contributed by atoms with Crippen LogP contribution in [0, 0.1) is 5.82 Å². The van der Waals surface area contributed by atoms with E-state index in [0.29, 0.717) is 0 Å². The lowest BCUT2D eigenvalue weighted by Crippen LogP contribution is -2.09. The maximum Gasteiger partial charge on any atom is 0.159 e. The predicted octanol–water partition coefficient (Wildman–Crippen LogP) is 7.54. The summed E-state index contributed by atoms with van der Waals surface area (Å²) < 4.78 is 28.9. The summed E-state index contributed by atoms with van der Waals surface area (Å²) in [5, 5.41) is 2.11. The fraction of sp³-hybridized carbons (Fsp3) is 0.280. The molecule has 0 aliphatic heterocycles. The van der Waals surface area contributed by atoms with Crippen molar-refractivity contribution in [3.8, 4) is 0 Å². The lowest BCUT2D eigenvalue weighted by molar-refractivity contribution is 0.442. The van der Waals surface area contributed by atoms with Crippen molar-refractivity contribution in [2.75, 3.05) is 11.9 Å². The second kappa shape index (κ2) is 6.97. The van der Waals surface area contributed by atoms with E-state index in [9.17, 15) is 4.39 Å². The molecule has 1 aliphatic rings. The fourth-order valence-corrected chi connectivity index (χ4v) is 4.40. The number of para-hydroxylation sites is 2. The molecule has 0 unspecified atom stereocenters. The molecule has 0 radical (unpaired) electrons. The molecular formula is C25H24FNO. The number of anilines is 2. The van der Waals surface area contributed by atoms with Gasteiger partial charge in [-0.1, -0.05) is 49.6 Å². The first kappa shape index (κ1) is 16.2. The van der Waals surface area contributed by atoms with Crippen molar-refractivity contribution >= 4 is 33.3 Å². The number of fused-ring (bicyclic) bond motifs is 3. The van der Waals surface area contributed by atoms with Gasteiger partial charge in [-0.2, -0.15) is 0 Å². The fourth-order valence-electron chi connectivity index (χ4n) is 4.40. The van der Waals surface area contributed by atoms with Crippen molar-refractivity contribution in [2.45, 2.75) is 38.0 Å². The van der Waals surface area contributed by atoms with Gasteiger partial charge < -0.3 is 9.32 Å². The third kappa shape index (κ3) is 2.86. The molecule has 3 heteroatoms. The molecule has 0 saturated heterocycles. The zero-order chi connectivity index (χ0) is 20.0. The van der Waals surface area contributed by atoms with Crippen LogP contribution in [0.1, 0.15) is 44.9 Å². The van der Waals surface area contributed by atoms with Crippen LogP contribution in [0.3, 0.4) is 0 Å². The second-order valence-corrected chi connectivity index (χ2v) is 7.64. The summed E-state index contributed by atoms with van der Waals surface area (Å²) in [6.45, 7) is 0. The van der Waals surface area contributed by atoms with Gasteiger partial charge in [0.25, 0.3) is 0 Å². The lowest BCUT2D eigenvalue weighted by Gasteiger charge is -2.22. The van der Waals surface area contributed by atoms with Crippen LogP contribution < -0.4 is 4.90 Å². The summed E-state index contributed by atoms with van der Waals surface area (Å²) in [5.41, 5.74) is 4.46. The topological polar surface area (TPSA) is 16.4 Å². The Morgan fingerprint density at radius 1 is 0.893 bits per heavy atom. The van der Waals surface area contributed by atoms with Gasteiger partial charge in [0.2, 0.25) is 0 Å². The summed E-state index contributed by atoms with van der Waals surface area (Å²) in [7, 11) is 1.96.